The molecule has 0 radical (unpaired) electrons. The quantitative estimate of drug-likeness (QED) is 0.0700. The third-order valence-corrected chi connectivity index (χ3v) is 7.09. The molecule has 2 aliphatic heterocycles. The Morgan fingerprint density at radius 3 is 2.17 bits per heavy atom. The molecule has 0 aromatic carbocycles. The van der Waals surface area contributed by atoms with E-state index in [0.29, 0.717) is 32.2 Å². The highest BCUT2D eigenvalue weighted by molar-refractivity contribution is 5.84. The molecule has 9 nitrogen and oxygen atoms in total. The topological polar surface area (TPSA) is 113 Å². The maximum absolute atomic E-state index is 13.2. The first-order valence-corrected chi connectivity index (χ1v) is 12.7. The van der Waals surface area contributed by atoms with Gasteiger partial charge in [-0.15, -0.1) is 0 Å². The standard InChI is InChI=1S/C23H36O6.C4H6O3/c1-7-9-16-10-11-18(23(5,6)15(3)4)20(22(25)28-13-17-12-27-17)19(16)21(24)29-14-26-8-2;5-3-6-1-4-2-7-4/h7,9-11,15-20H,8,12-14H2,1-6H3;3-4H,1-2H2/b9-7+;. The molecule has 0 bridgehead atoms. The van der Waals surface area contributed by atoms with E-state index >= 15 is 0 Å². The smallest absolute Gasteiger partial charge is 0.312 e. The van der Waals surface area contributed by atoms with Crippen LogP contribution in [0.4, 0.5) is 0 Å². The van der Waals surface area contributed by atoms with E-state index in [1.807, 2.05) is 32.1 Å². The van der Waals surface area contributed by atoms with Gasteiger partial charge in [0.05, 0.1) is 25.0 Å². The average molecular weight is 511 g/mol. The fraction of sp³-hybridized carbons (Fsp3) is 0.741. The van der Waals surface area contributed by atoms with Crippen LogP contribution in [0.1, 0.15) is 41.5 Å². The molecule has 2 fully saturated rings. The van der Waals surface area contributed by atoms with Crippen LogP contribution in [-0.2, 0) is 42.8 Å². The molecular weight excluding hydrogens is 468 g/mol. The number of rotatable bonds is 13. The van der Waals surface area contributed by atoms with Gasteiger partial charge in [0.2, 0.25) is 0 Å². The first-order valence-electron chi connectivity index (χ1n) is 12.7. The molecule has 6 atom stereocenters. The van der Waals surface area contributed by atoms with E-state index in [4.69, 9.17) is 23.7 Å². The van der Waals surface area contributed by atoms with E-state index in [-0.39, 0.29) is 48.8 Å². The zero-order chi connectivity index (χ0) is 26.7. The van der Waals surface area contributed by atoms with Crippen molar-refractivity contribution in [1.82, 2.24) is 0 Å². The summed E-state index contributed by atoms with van der Waals surface area (Å²) in [6.45, 7) is 15.0. The number of allylic oxidation sites excluding steroid dienone is 4. The molecule has 1 aliphatic carbocycles. The Morgan fingerprint density at radius 1 is 1.03 bits per heavy atom. The highest BCUT2D eigenvalue weighted by atomic mass is 16.7. The van der Waals surface area contributed by atoms with Gasteiger partial charge in [-0.25, -0.2) is 0 Å². The Morgan fingerprint density at radius 2 is 1.64 bits per heavy atom. The van der Waals surface area contributed by atoms with Crippen molar-refractivity contribution < 1.29 is 42.8 Å². The lowest BCUT2D eigenvalue weighted by atomic mass is 9.58. The molecule has 0 saturated carbocycles. The molecular formula is C27H42O9. The van der Waals surface area contributed by atoms with Crippen molar-refractivity contribution in [2.75, 3.05) is 39.8 Å². The fourth-order valence-corrected chi connectivity index (χ4v) is 4.07. The molecule has 0 N–H and O–H groups in total. The molecule has 0 amide bonds. The summed E-state index contributed by atoms with van der Waals surface area (Å²) in [6.07, 6.45) is 8.11. The lowest BCUT2D eigenvalue weighted by Gasteiger charge is -2.45. The van der Waals surface area contributed by atoms with Crippen molar-refractivity contribution >= 4 is 18.4 Å². The number of carbonyl (C=O) groups is 3. The van der Waals surface area contributed by atoms with Crippen molar-refractivity contribution in [2.45, 2.75) is 53.8 Å². The van der Waals surface area contributed by atoms with Crippen LogP contribution in [0.5, 0.6) is 0 Å². The number of esters is 2. The van der Waals surface area contributed by atoms with E-state index in [9.17, 15) is 14.4 Å². The molecule has 2 heterocycles. The Kier molecular flexibility index (Phi) is 12.1. The number of carbonyl (C=O) groups excluding carboxylic acids is 3. The van der Waals surface area contributed by atoms with E-state index in [1.165, 1.54) is 0 Å². The number of hydrogen-bond acceptors (Lipinski definition) is 9. The zero-order valence-corrected chi connectivity index (χ0v) is 22.3. The maximum atomic E-state index is 13.2. The molecule has 0 spiro atoms. The van der Waals surface area contributed by atoms with Crippen molar-refractivity contribution in [3.63, 3.8) is 0 Å². The van der Waals surface area contributed by atoms with Crippen molar-refractivity contribution in [2.24, 2.45) is 35.0 Å². The lowest BCUT2D eigenvalue weighted by molar-refractivity contribution is -0.174. The van der Waals surface area contributed by atoms with Crippen LogP contribution in [0, 0.1) is 35.0 Å². The first-order chi connectivity index (χ1) is 17.2. The molecule has 36 heavy (non-hydrogen) atoms. The van der Waals surface area contributed by atoms with E-state index in [0.717, 1.165) is 6.61 Å². The Balaban J connectivity index is 0.000000558. The summed E-state index contributed by atoms with van der Waals surface area (Å²) < 4.78 is 30.4. The third kappa shape index (κ3) is 9.01. The summed E-state index contributed by atoms with van der Waals surface area (Å²) in [5.74, 6) is -2.17. The summed E-state index contributed by atoms with van der Waals surface area (Å²) in [5.41, 5.74) is -0.213. The molecule has 2 saturated heterocycles. The van der Waals surface area contributed by atoms with Gasteiger partial charge in [-0.05, 0) is 31.1 Å². The van der Waals surface area contributed by atoms with Crippen LogP contribution in [0.15, 0.2) is 24.3 Å². The summed E-state index contributed by atoms with van der Waals surface area (Å²) >= 11 is 0. The summed E-state index contributed by atoms with van der Waals surface area (Å²) in [5, 5.41) is 0. The van der Waals surface area contributed by atoms with Crippen molar-refractivity contribution in [1.29, 1.82) is 0 Å². The second kappa shape index (κ2) is 14.5. The number of hydrogen-bond donors (Lipinski definition) is 0. The highest BCUT2D eigenvalue weighted by Gasteiger charge is 2.51. The van der Waals surface area contributed by atoms with Gasteiger partial charge >= 0.3 is 11.9 Å². The van der Waals surface area contributed by atoms with Gasteiger partial charge in [-0.2, -0.15) is 0 Å². The minimum Gasteiger partial charge on any atom is -0.465 e. The minimum atomic E-state index is -0.660. The van der Waals surface area contributed by atoms with Gasteiger partial charge in [0.25, 0.3) is 6.47 Å². The lowest BCUT2D eigenvalue weighted by Crippen LogP contribution is -2.48. The molecule has 9 heteroatoms. The monoisotopic (exact) mass is 510 g/mol. The van der Waals surface area contributed by atoms with Crippen LogP contribution in [0.2, 0.25) is 0 Å². The Bertz CT molecular complexity index is 765. The normalized spacial score (nSPS) is 28.8. The molecule has 0 aromatic rings. The average Bonchev–Trinajstić information content (AvgIpc) is 3.76. The summed E-state index contributed by atoms with van der Waals surface area (Å²) in [6, 6.07) is 0. The SMILES string of the molecule is C/C=C/C1C=CC(C(C)(C)C(C)C)C(C(=O)OCC2CO2)C1C(=O)OCOCC.O=COCC1CO1. The van der Waals surface area contributed by atoms with Gasteiger partial charge in [0, 0.05) is 12.5 Å². The van der Waals surface area contributed by atoms with Gasteiger partial charge < -0.3 is 28.4 Å². The predicted octanol–water partition coefficient (Wildman–Crippen LogP) is 3.32. The molecule has 3 rings (SSSR count). The van der Waals surface area contributed by atoms with E-state index in [1.54, 1.807) is 0 Å². The van der Waals surface area contributed by atoms with E-state index in [2.05, 4.69) is 38.5 Å². The highest BCUT2D eigenvalue weighted by Crippen LogP contribution is 2.48. The molecule has 6 unspecified atom stereocenters. The van der Waals surface area contributed by atoms with Crippen LogP contribution < -0.4 is 0 Å². The second-order valence-electron chi connectivity index (χ2n) is 10.1. The van der Waals surface area contributed by atoms with Crippen molar-refractivity contribution in [3.05, 3.63) is 24.3 Å². The van der Waals surface area contributed by atoms with Crippen LogP contribution >= 0.6 is 0 Å². The largest absolute Gasteiger partial charge is 0.465 e. The third-order valence-electron chi connectivity index (χ3n) is 7.09. The zero-order valence-electron chi connectivity index (χ0n) is 22.3. The van der Waals surface area contributed by atoms with Gasteiger partial charge in [0.1, 0.15) is 25.4 Å². The van der Waals surface area contributed by atoms with E-state index < -0.39 is 17.8 Å². The molecule has 204 valence electrons. The van der Waals surface area contributed by atoms with Gasteiger partial charge in [-0.1, -0.05) is 52.0 Å². The number of ether oxygens (including phenoxy) is 6. The summed E-state index contributed by atoms with van der Waals surface area (Å²) in [4.78, 5) is 35.8. The van der Waals surface area contributed by atoms with Crippen molar-refractivity contribution in [3.8, 4) is 0 Å². The predicted molar refractivity (Wildman–Crippen MR) is 132 cm³/mol. The molecule has 3 aliphatic rings. The second-order valence-corrected chi connectivity index (χ2v) is 10.1. The fourth-order valence-electron chi connectivity index (χ4n) is 4.07. The maximum Gasteiger partial charge on any atom is 0.312 e. The van der Waals surface area contributed by atoms with Gasteiger partial charge in [0.15, 0.2) is 6.79 Å². The number of epoxide rings is 2. The first kappa shape index (κ1) is 30.0. The van der Waals surface area contributed by atoms with Crippen LogP contribution in [0.25, 0.3) is 0 Å². The Labute approximate surface area is 214 Å². The minimum absolute atomic E-state index is 0.0238. The Hall–Kier alpha value is -2.23. The molecule has 0 aromatic heterocycles. The van der Waals surface area contributed by atoms with Crippen LogP contribution in [0.3, 0.4) is 0 Å². The van der Waals surface area contributed by atoms with Crippen LogP contribution in [-0.4, -0.2) is 70.4 Å². The summed E-state index contributed by atoms with van der Waals surface area (Å²) in [7, 11) is 0. The van der Waals surface area contributed by atoms with Gasteiger partial charge in [-0.3, -0.25) is 14.4 Å².